The molecule has 1 aromatic carbocycles. The lowest BCUT2D eigenvalue weighted by molar-refractivity contribution is 0.396. The van der Waals surface area contributed by atoms with Crippen LogP contribution in [0.15, 0.2) is 30.9 Å². The summed E-state index contributed by atoms with van der Waals surface area (Å²) in [7, 11) is 1.73. The first-order chi connectivity index (χ1) is 8.22. The highest BCUT2D eigenvalue weighted by Gasteiger charge is 2.14. The van der Waals surface area contributed by atoms with E-state index in [-0.39, 0.29) is 0 Å². The number of rotatable bonds is 7. The zero-order valence-electron chi connectivity index (χ0n) is 11.1. The summed E-state index contributed by atoms with van der Waals surface area (Å²) >= 11 is 0. The molecule has 0 heterocycles. The van der Waals surface area contributed by atoms with Crippen LogP contribution in [0, 0.1) is 6.92 Å². The van der Waals surface area contributed by atoms with Gasteiger partial charge in [-0.25, -0.2) is 0 Å². The average Bonchev–Trinajstić information content (AvgIpc) is 2.34. The van der Waals surface area contributed by atoms with E-state index in [9.17, 15) is 0 Å². The molecular formula is C15H23NO. The van der Waals surface area contributed by atoms with E-state index in [2.05, 4.69) is 43.9 Å². The van der Waals surface area contributed by atoms with E-state index in [1.807, 2.05) is 6.08 Å². The van der Waals surface area contributed by atoms with Crippen LogP contribution >= 0.6 is 0 Å². The van der Waals surface area contributed by atoms with Gasteiger partial charge in [-0.3, -0.25) is 0 Å². The molecular weight excluding hydrogens is 210 g/mol. The van der Waals surface area contributed by atoms with Crippen molar-refractivity contribution in [3.63, 3.8) is 0 Å². The Morgan fingerprint density at radius 2 is 2.24 bits per heavy atom. The molecule has 1 N–H and O–H groups in total. The molecule has 1 rings (SSSR count). The highest BCUT2D eigenvalue weighted by atomic mass is 16.5. The molecule has 0 amide bonds. The number of methoxy groups -OCH3 is 1. The van der Waals surface area contributed by atoms with Crippen LogP contribution in [0.2, 0.25) is 0 Å². The minimum absolute atomic E-state index is 0.341. The van der Waals surface area contributed by atoms with Crippen LogP contribution in [-0.2, 0) is 0 Å². The maximum absolute atomic E-state index is 5.47. The lowest BCUT2D eigenvalue weighted by Gasteiger charge is -2.20. The van der Waals surface area contributed by atoms with Crippen molar-refractivity contribution in [1.82, 2.24) is 5.32 Å². The van der Waals surface area contributed by atoms with Crippen LogP contribution in [-0.4, -0.2) is 13.7 Å². The second-order valence-corrected chi connectivity index (χ2v) is 4.22. The fourth-order valence-corrected chi connectivity index (χ4v) is 2.00. The zero-order valence-corrected chi connectivity index (χ0v) is 11.1. The molecule has 2 nitrogen and oxygen atoms in total. The van der Waals surface area contributed by atoms with Crippen molar-refractivity contribution >= 4 is 0 Å². The SMILES string of the molecule is C=CCCC(NCC)c1ccc(C)cc1OC. The molecule has 1 atom stereocenters. The Bertz CT molecular complexity index is 360. The van der Waals surface area contributed by atoms with E-state index in [4.69, 9.17) is 4.74 Å². The fraction of sp³-hybridized carbons (Fsp3) is 0.467. The summed E-state index contributed by atoms with van der Waals surface area (Å²) in [5.74, 6) is 0.972. The van der Waals surface area contributed by atoms with Crippen molar-refractivity contribution in [2.24, 2.45) is 0 Å². The minimum Gasteiger partial charge on any atom is -0.496 e. The highest BCUT2D eigenvalue weighted by molar-refractivity contribution is 5.39. The Kier molecular flexibility index (Phi) is 5.78. The maximum Gasteiger partial charge on any atom is 0.123 e. The Morgan fingerprint density at radius 1 is 1.47 bits per heavy atom. The molecule has 1 unspecified atom stereocenters. The van der Waals surface area contributed by atoms with Gasteiger partial charge in [0.15, 0.2) is 0 Å². The third-order valence-corrected chi connectivity index (χ3v) is 2.87. The van der Waals surface area contributed by atoms with Crippen molar-refractivity contribution in [3.8, 4) is 5.75 Å². The van der Waals surface area contributed by atoms with E-state index in [1.165, 1.54) is 11.1 Å². The average molecular weight is 233 g/mol. The first kappa shape index (κ1) is 13.8. The molecule has 0 fully saturated rings. The third-order valence-electron chi connectivity index (χ3n) is 2.87. The predicted molar refractivity (Wildman–Crippen MR) is 73.6 cm³/mol. The van der Waals surface area contributed by atoms with Crippen LogP contribution < -0.4 is 10.1 Å². The number of benzene rings is 1. The first-order valence-electron chi connectivity index (χ1n) is 6.21. The Balaban J connectivity index is 2.94. The van der Waals surface area contributed by atoms with E-state index >= 15 is 0 Å². The molecule has 0 radical (unpaired) electrons. The predicted octanol–water partition coefficient (Wildman–Crippen LogP) is 3.62. The standard InChI is InChI=1S/C15H23NO/c1-5-7-8-14(16-6-2)13-10-9-12(3)11-15(13)17-4/h5,9-11,14,16H,1,6-8H2,2-4H3. The molecule has 17 heavy (non-hydrogen) atoms. The molecule has 0 aromatic heterocycles. The third kappa shape index (κ3) is 3.90. The second-order valence-electron chi connectivity index (χ2n) is 4.22. The van der Waals surface area contributed by atoms with Gasteiger partial charge in [0.05, 0.1) is 7.11 Å². The first-order valence-corrected chi connectivity index (χ1v) is 6.21. The molecule has 2 heteroatoms. The van der Waals surface area contributed by atoms with Gasteiger partial charge in [-0.1, -0.05) is 25.1 Å². The number of aryl methyl sites for hydroxylation is 1. The molecule has 0 saturated heterocycles. The highest BCUT2D eigenvalue weighted by Crippen LogP contribution is 2.29. The quantitative estimate of drug-likeness (QED) is 0.726. The fourth-order valence-electron chi connectivity index (χ4n) is 2.00. The molecule has 0 spiro atoms. The molecule has 0 saturated carbocycles. The summed E-state index contributed by atoms with van der Waals surface area (Å²) in [6.45, 7) is 8.95. The lowest BCUT2D eigenvalue weighted by Crippen LogP contribution is -2.21. The molecule has 0 aliphatic rings. The molecule has 0 aliphatic carbocycles. The van der Waals surface area contributed by atoms with Gasteiger partial charge in [0.25, 0.3) is 0 Å². The summed E-state index contributed by atoms with van der Waals surface area (Å²) in [6.07, 6.45) is 4.02. The summed E-state index contributed by atoms with van der Waals surface area (Å²) < 4.78 is 5.47. The minimum atomic E-state index is 0.341. The van der Waals surface area contributed by atoms with Crippen LogP contribution in [0.25, 0.3) is 0 Å². The van der Waals surface area contributed by atoms with Gasteiger partial charge in [0.2, 0.25) is 0 Å². The van der Waals surface area contributed by atoms with E-state index in [0.717, 1.165) is 25.1 Å². The summed E-state index contributed by atoms with van der Waals surface area (Å²) in [4.78, 5) is 0. The van der Waals surface area contributed by atoms with Crippen molar-refractivity contribution in [2.75, 3.05) is 13.7 Å². The maximum atomic E-state index is 5.47. The van der Waals surface area contributed by atoms with Gasteiger partial charge >= 0.3 is 0 Å². The number of hydrogen-bond acceptors (Lipinski definition) is 2. The van der Waals surface area contributed by atoms with Crippen LogP contribution in [0.1, 0.15) is 36.9 Å². The van der Waals surface area contributed by atoms with Gasteiger partial charge < -0.3 is 10.1 Å². The van der Waals surface area contributed by atoms with E-state index < -0.39 is 0 Å². The summed E-state index contributed by atoms with van der Waals surface area (Å²) in [5, 5.41) is 3.50. The number of nitrogens with one attached hydrogen (secondary N) is 1. The Hall–Kier alpha value is -1.28. The van der Waals surface area contributed by atoms with Gasteiger partial charge in [0, 0.05) is 11.6 Å². The van der Waals surface area contributed by atoms with Crippen molar-refractivity contribution in [3.05, 3.63) is 42.0 Å². The molecule has 0 bridgehead atoms. The zero-order chi connectivity index (χ0) is 12.7. The smallest absolute Gasteiger partial charge is 0.123 e. The Morgan fingerprint density at radius 3 is 2.82 bits per heavy atom. The van der Waals surface area contributed by atoms with E-state index in [1.54, 1.807) is 7.11 Å². The number of allylic oxidation sites excluding steroid dienone is 1. The van der Waals surface area contributed by atoms with Crippen molar-refractivity contribution in [1.29, 1.82) is 0 Å². The monoisotopic (exact) mass is 233 g/mol. The largest absolute Gasteiger partial charge is 0.496 e. The summed E-state index contributed by atoms with van der Waals surface area (Å²) in [5.41, 5.74) is 2.46. The van der Waals surface area contributed by atoms with Gasteiger partial charge in [-0.15, -0.1) is 6.58 Å². The normalized spacial score (nSPS) is 12.2. The molecule has 94 valence electrons. The second kappa shape index (κ2) is 7.13. The number of ether oxygens (including phenoxy) is 1. The van der Waals surface area contributed by atoms with Crippen molar-refractivity contribution < 1.29 is 4.74 Å². The van der Waals surface area contributed by atoms with Gasteiger partial charge in [-0.05, 0) is 37.9 Å². The van der Waals surface area contributed by atoms with Crippen LogP contribution in [0.4, 0.5) is 0 Å². The summed E-state index contributed by atoms with van der Waals surface area (Å²) in [6, 6.07) is 6.72. The lowest BCUT2D eigenvalue weighted by atomic mass is 9.99. The number of hydrogen-bond donors (Lipinski definition) is 1. The topological polar surface area (TPSA) is 21.3 Å². The van der Waals surface area contributed by atoms with Crippen LogP contribution in [0.3, 0.4) is 0 Å². The van der Waals surface area contributed by atoms with Gasteiger partial charge in [-0.2, -0.15) is 0 Å². The van der Waals surface area contributed by atoms with E-state index in [0.29, 0.717) is 6.04 Å². The molecule has 1 aromatic rings. The van der Waals surface area contributed by atoms with Crippen LogP contribution in [0.5, 0.6) is 5.75 Å². The van der Waals surface area contributed by atoms with Crippen molar-refractivity contribution in [2.45, 2.75) is 32.7 Å². The molecule has 0 aliphatic heterocycles. The van der Waals surface area contributed by atoms with Gasteiger partial charge in [0.1, 0.15) is 5.75 Å². The Labute approximate surface area is 105 Å².